The lowest BCUT2D eigenvalue weighted by Gasteiger charge is -2.24. The lowest BCUT2D eigenvalue weighted by Crippen LogP contribution is -2.54. The zero-order valence-corrected chi connectivity index (χ0v) is 17.6. The first-order chi connectivity index (χ1) is 14.2. The van der Waals surface area contributed by atoms with E-state index >= 15 is 0 Å². The third-order valence-electron chi connectivity index (χ3n) is 5.26. The van der Waals surface area contributed by atoms with Crippen LogP contribution in [0.1, 0.15) is 31.9 Å². The smallest absolute Gasteiger partial charge is 0.469 e. The molecule has 1 heterocycles. The quantitative estimate of drug-likeness (QED) is 0.336. The van der Waals surface area contributed by atoms with Crippen molar-refractivity contribution >= 4 is 25.0 Å². The molecule has 5 atom stereocenters. The number of amides is 1. The average Bonchev–Trinajstić information content (AvgIpc) is 3.13. The molecule has 1 amide bonds. The number of benzene rings is 1. The molecule has 9 nitrogen and oxygen atoms in total. The summed E-state index contributed by atoms with van der Waals surface area (Å²) in [6.45, 7) is 3.76. The number of carbonyl (C=O) groups is 3. The molecule has 0 bridgehead atoms. The molecule has 1 aromatic carbocycles. The summed E-state index contributed by atoms with van der Waals surface area (Å²) in [5, 5.41) is 24.9. The highest BCUT2D eigenvalue weighted by atomic mass is 16.5. The highest BCUT2D eigenvalue weighted by Crippen LogP contribution is 2.39. The fraction of sp³-hybridized carbons (Fsp3) is 0.550. The highest BCUT2D eigenvalue weighted by molar-refractivity contribution is 6.43. The van der Waals surface area contributed by atoms with Crippen molar-refractivity contribution in [3.05, 3.63) is 35.9 Å². The summed E-state index contributed by atoms with van der Waals surface area (Å²) < 4.78 is 9.79. The van der Waals surface area contributed by atoms with Gasteiger partial charge in [0.2, 0.25) is 5.91 Å². The maximum absolute atomic E-state index is 13.1. The molecule has 0 unspecified atom stereocenters. The Hall–Kier alpha value is -2.43. The van der Waals surface area contributed by atoms with Crippen molar-refractivity contribution in [2.45, 2.75) is 38.3 Å². The summed E-state index contributed by atoms with van der Waals surface area (Å²) in [5.74, 6) is -5.00. The number of rotatable bonds is 8. The van der Waals surface area contributed by atoms with E-state index in [1.54, 1.807) is 24.3 Å². The van der Waals surface area contributed by atoms with Gasteiger partial charge in [-0.2, -0.15) is 0 Å². The fourth-order valence-corrected chi connectivity index (χ4v) is 3.89. The van der Waals surface area contributed by atoms with Crippen LogP contribution in [-0.4, -0.2) is 61.2 Å². The normalized spacial score (nSPS) is 24.2. The van der Waals surface area contributed by atoms with Crippen molar-refractivity contribution in [3.63, 3.8) is 0 Å². The standard InChI is InChI=1S/C20H29BN2O7/c1-11(2)10-13(21(27)28)22-18(24)17-15(20(26)30-4)14(19(25)29-3)16(23-17)12-8-6-5-7-9-12/h5-9,11,13-17,23,27-28H,10H2,1-4H3,(H,22,24)/t13-,14-,15-,16-,17-/m0/s1. The van der Waals surface area contributed by atoms with Crippen LogP contribution in [0.2, 0.25) is 0 Å². The van der Waals surface area contributed by atoms with Gasteiger partial charge < -0.3 is 24.8 Å². The Bertz CT molecular complexity index is 744. The minimum atomic E-state index is -1.77. The molecule has 0 radical (unpaired) electrons. The van der Waals surface area contributed by atoms with E-state index in [4.69, 9.17) is 9.47 Å². The first-order valence-corrected chi connectivity index (χ1v) is 9.84. The minimum Gasteiger partial charge on any atom is -0.469 e. The molecule has 30 heavy (non-hydrogen) atoms. The Morgan fingerprint density at radius 1 is 1.07 bits per heavy atom. The second-order valence-corrected chi connectivity index (χ2v) is 7.79. The summed E-state index contributed by atoms with van der Waals surface area (Å²) in [5.41, 5.74) is 0.707. The van der Waals surface area contributed by atoms with E-state index in [9.17, 15) is 24.4 Å². The van der Waals surface area contributed by atoms with Gasteiger partial charge >= 0.3 is 19.1 Å². The minimum absolute atomic E-state index is 0.0879. The van der Waals surface area contributed by atoms with Crippen molar-refractivity contribution in [2.24, 2.45) is 17.8 Å². The maximum Gasteiger partial charge on any atom is 0.475 e. The van der Waals surface area contributed by atoms with Gasteiger partial charge in [0.25, 0.3) is 0 Å². The summed E-state index contributed by atoms with van der Waals surface area (Å²) >= 11 is 0. The zero-order valence-electron chi connectivity index (χ0n) is 17.6. The van der Waals surface area contributed by atoms with E-state index in [2.05, 4.69) is 10.6 Å². The number of nitrogens with one attached hydrogen (secondary N) is 2. The molecule has 1 aliphatic heterocycles. The molecule has 0 aliphatic carbocycles. The molecule has 4 N–H and O–H groups in total. The number of hydrogen-bond donors (Lipinski definition) is 4. The Morgan fingerprint density at radius 2 is 1.63 bits per heavy atom. The third-order valence-corrected chi connectivity index (χ3v) is 5.26. The highest BCUT2D eigenvalue weighted by Gasteiger charge is 2.55. The number of carbonyl (C=O) groups excluding carboxylic acids is 3. The Balaban J connectivity index is 2.39. The molecular weight excluding hydrogens is 391 g/mol. The Kier molecular flexibility index (Phi) is 8.39. The molecule has 1 aliphatic rings. The molecule has 164 valence electrons. The van der Waals surface area contributed by atoms with Crippen molar-refractivity contribution < 1.29 is 33.9 Å². The molecule has 0 saturated carbocycles. The van der Waals surface area contributed by atoms with E-state index in [-0.39, 0.29) is 5.92 Å². The van der Waals surface area contributed by atoms with Crippen molar-refractivity contribution in [1.82, 2.24) is 10.6 Å². The zero-order chi connectivity index (χ0) is 22.4. The second-order valence-electron chi connectivity index (χ2n) is 7.79. The summed E-state index contributed by atoms with van der Waals surface area (Å²) in [7, 11) is 0.628. The Labute approximate surface area is 176 Å². The van der Waals surface area contributed by atoms with E-state index in [0.717, 1.165) is 0 Å². The lowest BCUT2D eigenvalue weighted by molar-refractivity contribution is -0.157. The molecule has 1 saturated heterocycles. The molecule has 10 heteroatoms. The predicted octanol–water partition coefficient (Wildman–Crippen LogP) is -0.179. The van der Waals surface area contributed by atoms with E-state index < -0.39 is 54.8 Å². The van der Waals surface area contributed by atoms with Crippen LogP contribution in [0.15, 0.2) is 30.3 Å². The van der Waals surface area contributed by atoms with Gasteiger partial charge in [-0.1, -0.05) is 44.2 Å². The van der Waals surface area contributed by atoms with Gasteiger partial charge in [0, 0.05) is 6.04 Å². The van der Waals surface area contributed by atoms with Crippen LogP contribution >= 0.6 is 0 Å². The monoisotopic (exact) mass is 420 g/mol. The molecular formula is C20H29BN2O7. The van der Waals surface area contributed by atoms with Crippen LogP contribution in [0.4, 0.5) is 0 Å². The lowest BCUT2D eigenvalue weighted by atomic mass is 9.74. The van der Waals surface area contributed by atoms with Crippen molar-refractivity contribution in [2.75, 3.05) is 14.2 Å². The molecule has 1 aromatic rings. The molecule has 0 aromatic heterocycles. The van der Waals surface area contributed by atoms with E-state index in [1.807, 2.05) is 19.9 Å². The van der Waals surface area contributed by atoms with Crippen LogP contribution in [0.3, 0.4) is 0 Å². The largest absolute Gasteiger partial charge is 0.475 e. The van der Waals surface area contributed by atoms with Crippen LogP contribution < -0.4 is 10.6 Å². The average molecular weight is 420 g/mol. The van der Waals surface area contributed by atoms with Gasteiger partial charge in [-0.25, -0.2) is 0 Å². The first-order valence-electron chi connectivity index (χ1n) is 9.84. The third kappa shape index (κ3) is 5.38. The summed E-state index contributed by atoms with van der Waals surface area (Å²) in [4.78, 5) is 38.2. The summed E-state index contributed by atoms with van der Waals surface area (Å²) in [6.07, 6.45) is 0.321. The van der Waals surface area contributed by atoms with Crippen LogP contribution in [0.25, 0.3) is 0 Å². The van der Waals surface area contributed by atoms with E-state index in [1.165, 1.54) is 14.2 Å². The number of esters is 2. The number of methoxy groups -OCH3 is 2. The maximum atomic E-state index is 13.1. The number of hydrogen-bond acceptors (Lipinski definition) is 8. The van der Waals surface area contributed by atoms with Crippen LogP contribution in [-0.2, 0) is 23.9 Å². The van der Waals surface area contributed by atoms with Gasteiger partial charge in [-0.15, -0.1) is 0 Å². The Morgan fingerprint density at radius 3 is 2.13 bits per heavy atom. The van der Waals surface area contributed by atoms with Gasteiger partial charge in [0.1, 0.15) is 6.04 Å². The van der Waals surface area contributed by atoms with E-state index in [0.29, 0.717) is 12.0 Å². The molecule has 2 rings (SSSR count). The van der Waals surface area contributed by atoms with Crippen LogP contribution in [0.5, 0.6) is 0 Å². The van der Waals surface area contributed by atoms with Gasteiger partial charge in [-0.05, 0) is 17.9 Å². The first kappa shape index (κ1) is 23.9. The summed E-state index contributed by atoms with van der Waals surface area (Å²) in [6, 6.07) is 7.15. The topological polar surface area (TPSA) is 134 Å². The number of ether oxygens (including phenoxy) is 2. The van der Waals surface area contributed by atoms with Gasteiger partial charge in [0.05, 0.1) is 32.0 Å². The van der Waals surface area contributed by atoms with Crippen LogP contribution in [0, 0.1) is 17.8 Å². The second kappa shape index (κ2) is 10.6. The molecule has 1 fully saturated rings. The SMILES string of the molecule is COC(=O)[C@H]1[C@H](C(=O)OC)[C@H](c2ccccc2)N[C@@H]1C(=O)N[C@@H](CC(C)C)B(O)O. The van der Waals surface area contributed by atoms with Crippen molar-refractivity contribution in [1.29, 1.82) is 0 Å². The van der Waals surface area contributed by atoms with Gasteiger partial charge in [-0.3, -0.25) is 19.7 Å². The fourth-order valence-electron chi connectivity index (χ4n) is 3.89. The van der Waals surface area contributed by atoms with Crippen molar-refractivity contribution in [3.8, 4) is 0 Å². The molecule has 0 spiro atoms. The predicted molar refractivity (Wildman–Crippen MR) is 109 cm³/mol. The van der Waals surface area contributed by atoms with Gasteiger partial charge in [0.15, 0.2) is 0 Å².